The molecule has 1 fully saturated rings. The van der Waals surface area contributed by atoms with Gasteiger partial charge in [-0.25, -0.2) is 4.79 Å². The van der Waals surface area contributed by atoms with Crippen LogP contribution in [-0.4, -0.2) is 42.0 Å². The van der Waals surface area contributed by atoms with Gasteiger partial charge in [-0.3, -0.25) is 9.69 Å². The van der Waals surface area contributed by atoms with Gasteiger partial charge in [-0.2, -0.15) is 0 Å². The fourth-order valence-electron chi connectivity index (χ4n) is 3.27. The maximum atomic E-state index is 12.4. The van der Waals surface area contributed by atoms with Crippen LogP contribution in [0.5, 0.6) is 0 Å². The number of hydrogen-bond acceptors (Lipinski definition) is 3. The number of amides is 3. The molecular formula is C21H24Cl2N4O2. The van der Waals surface area contributed by atoms with Crippen LogP contribution in [0.3, 0.4) is 0 Å². The third kappa shape index (κ3) is 6.35. The van der Waals surface area contributed by atoms with Crippen LogP contribution in [0.2, 0.25) is 10.0 Å². The Balaban J connectivity index is 1.43. The Morgan fingerprint density at radius 2 is 1.90 bits per heavy atom. The lowest BCUT2D eigenvalue weighted by Gasteiger charge is -2.19. The van der Waals surface area contributed by atoms with E-state index in [1.54, 1.807) is 25.1 Å². The van der Waals surface area contributed by atoms with Gasteiger partial charge >= 0.3 is 6.03 Å². The zero-order valence-corrected chi connectivity index (χ0v) is 17.6. The highest BCUT2D eigenvalue weighted by Gasteiger charge is 2.26. The summed E-state index contributed by atoms with van der Waals surface area (Å²) in [6.45, 7) is 4.04. The number of benzene rings is 2. The van der Waals surface area contributed by atoms with Crippen molar-refractivity contribution < 1.29 is 9.59 Å². The van der Waals surface area contributed by atoms with Crippen LogP contribution in [0.15, 0.2) is 48.5 Å². The summed E-state index contributed by atoms with van der Waals surface area (Å²) in [6.07, 6.45) is 0.857. The number of hydrogen-bond donors (Lipinski definition) is 3. The molecule has 1 aliphatic heterocycles. The molecule has 29 heavy (non-hydrogen) atoms. The highest BCUT2D eigenvalue weighted by atomic mass is 35.5. The minimum atomic E-state index is -0.636. The third-order valence-electron chi connectivity index (χ3n) is 4.78. The Hall–Kier alpha value is -2.28. The first kappa shape index (κ1) is 21.4. The van der Waals surface area contributed by atoms with E-state index in [0.29, 0.717) is 15.7 Å². The van der Waals surface area contributed by atoms with E-state index in [9.17, 15) is 9.59 Å². The minimum Gasteiger partial charge on any atom is -0.350 e. The predicted molar refractivity (Wildman–Crippen MR) is 116 cm³/mol. The standard InChI is InChI=1S/C21H24Cl2N4O2/c1-14(24-21(29)26-16-5-3-2-4-6-16)20(28)25-17-9-10-27(13-17)12-15-7-8-18(22)19(23)11-15/h2-8,11,14,17H,9-10,12-13H2,1H3,(H,25,28)(H2,24,26,29)/t14-,17-/m0/s1. The molecule has 6 nitrogen and oxygen atoms in total. The Labute approximate surface area is 180 Å². The highest BCUT2D eigenvalue weighted by molar-refractivity contribution is 6.42. The summed E-state index contributed by atoms with van der Waals surface area (Å²) in [7, 11) is 0. The van der Waals surface area contributed by atoms with Gasteiger partial charge in [0.2, 0.25) is 5.91 Å². The first-order chi connectivity index (χ1) is 13.9. The number of halogens is 2. The van der Waals surface area contributed by atoms with E-state index < -0.39 is 12.1 Å². The molecule has 8 heteroatoms. The summed E-state index contributed by atoms with van der Waals surface area (Å²) in [5, 5.41) is 9.47. The number of likely N-dealkylation sites (tertiary alicyclic amines) is 1. The molecule has 0 unspecified atom stereocenters. The van der Waals surface area contributed by atoms with E-state index in [0.717, 1.165) is 31.6 Å². The van der Waals surface area contributed by atoms with Crippen molar-refractivity contribution >= 4 is 40.8 Å². The predicted octanol–water partition coefficient (Wildman–Crippen LogP) is 3.89. The molecule has 1 heterocycles. The fourth-order valence-corrected chi connectivity index (χ4v) is 3.59. The smallest absolute Gasteiger partial charge is 0.319 e. The van der Waals surface area contributed by atoms with Crippen LogP contribution in [0.4, 0.5) is 10.5 Å². The van der Waals surface area contributed by atoms with Gasteiger partial charge < -0.3 is 16.0 Å². The maximum absolute atomic E-state index is 12.4. The number of nitrogens with one attached hydrogen (secondary N) is 3. The number of urea groups is 1. The lowest BCUT2D eigenvalue weighted by Crippen LogP contribution is -2.49. The quantitative estimate of drug-likeness (QED) is 0.645. The SMILES string of the molecule is C[C@H](NC(=O)Nc1ccccc1)C(=O)N[C@H]1CCN(Cc2ccc(Cl)c(Cl)c2)C1. The molecule has 0 aromatic heterocycles. The lowest BCUT2D eigenvalue weighted by molar-refractivity contribution is -0.123. The topological polar surface area (TPSA) is 73.5 Å². The number of carbonyl (C=O) groups excluding carboxylic acids is 2. The molecule has 0 spiro atoms. The van der Waals surface area contributed by atoms with E-state index in [1.165, 1.54) is 0 Å². The van der Waals surface area contributed by atoms with E-state index in [2.05, 4.69) is 20.9 Å². The van der Waals surface area contributed by atoms with Crippen molar-refractivity contribution in [2.75, 3.05) is 18.4 Å². The second-order valence-corrected chi connectivity index (χ2v) is 7.98. The zero-order chi connectivity index (χ0) is 20.8. The molecule has 1 saturated heterocycles. The average Bonchev–Trinajstić information content (AvgIpc) is 3.12. The molecule has 3 N–H and O–H groups in total. The van der Waals surface area contributed by atoms with Gasteiger partial charge in [0.05, 0.1) is 10.0 Å². The lowest BCUT2D eigenvalue weighted by atomic mass is 10.2. The first-order valence-electron chi connectivity index (χ1n) is 9.50. The van der Waals surface area contributed by atoms with Crippen molar-refractivity contribution in [1.29, 1.82) is 0 Å². The normalized spacial score (nSPS) is 17.6. The van der Waals surface area contributed by atoms with Gasteiger partial charge in [-0.1, -0.05) is 47.5 Å². The zero-order valence-electron chi connectivity index (χ0n) is 16.1. The van der Waals surface area contributed by atoms with Gasteiger partial charge in [0.1, 0.15) is 6.04 Å². The monoisotopic (exact) mass is 434 g/mol. The summed E-state index contributed by atoms with van der Waals surface area (Å²) in [6, 6.07) is 13.7. The van der Waals surface area contributed by atoms with Gasteiger partial charge in [0.25, 0.3) is 0 Å². The van der Waals surface area contributed by atoms with Crippen molar-refractivity contribution in [1.82, 2.24) is 15.5 Å². The first-order valence-corrected chi connectivity index (χ1v) is 10.3. The van der Waals surface area contributed by atoms with Gasteiger partial charge in [-0.05, 0) is 43.2 Å². The summed E-state index contributed by atoms with van der Waals surface area (Å²) in [5.41, 5.74) is 1.75. The summed E-state index contributed by atoms with van der Waals surface area (Å²) in [5.74, 6) is -0.199. The van der Waals surface area contributed by atoms with Crippen LogP contribution in [-0.2, 0) is 11.3 Å². The molecule has 154 valence electrons. The van der Waals surface area contributed by atoms with E-state index >= 15 is 0 Å². The van der Waals surface area contributed by atoms with E-state index in [-0.39, 0.29) is 11.9 Å². The molecular weight excluding hydrogens is 411 g/mol. The molecule has 2 atom stereocenters. The molecule has 3 rings (SSSR count). The molecule has 2 aromatic rings. The molecule has 0 bridgehead atoms. The average molecular weight is 435 g/mol. The molecule has 0 radical (unpaired) electrons. The maximum Gasteiger partial charge on any atom is 0.319 e. The van der Waals surface area contributed by atoms with Crippen LogP contribution in [0, 0.1) is 0 Å². The largest absolute Gasteiger partial charge is 0.350 e. The molecule has 3 amide bonds. The van der Waals surface area contributed by atoms with Crippen LogP contribution >= 0.6 is 23.2 Å². The summed E-state index contributed by atoms with van der Waals surface area (Å²) < 4.78 is 0. The van der Waals surface area contributed by atoms with E-state index in [4.69, 9.17) is 23.2 Å². The Kier molecular flexibility index (Phi) is 7.36. The number of para-hydroxylation sites is 1. The molecule has 0 aliphatic carbocycles. The van der Waals surface area contributed by atoms with Crippen LogP contribution in [0.25, 0.3) is 0 Å². The van der Waals surface area contributed by atoms with Crippen molar-refractivity contribution in [3.63, 3.8) is 0 Å². The van der Waals surface area contributed by atoms with Crippen molar-refractivity contribution in [2.45, 2.75) is 32.0 Å². The molecule has 2 aromatic carbocycles. The van der Waals surface area contributed by atoms with Crippen LogP contribution < -0.4 is 16.0 Å². The van der Waals surface area contributed by atoms with E-state index in [1.807, 2.05) is 30.3 Å². The number of anilines is 1. The van der Waals surface area contributed by atoms with Gasteiger partial charge in [0.15, 0.2) is 0 Å². The van der Waals surface area contributed by atoms with Gasteiger partial charge in [0, 0.05) is 31.4 Å². The summed E-state index contributed by atoms with van der Waals surface area (Å²) >= 11 is 12.0. The highest BCUT2D eigenvalue weighted by Crippen LogP contribution is 2.24. The number of carbonyl (C=O) groups is 2. The Morgan fingerprint density at radius 1 is 1.14 bits per heavy atom. The van der Waals surface area contributed by atoms with Crippen molar-refractivity contribution in [3.05, 3.63) is 64.1 Å². The number of rotatable bonds is 6. The second kappa shape index (κ2) is 9.96. The molecule has 1 aliphatic rings. The number of nitrogens with zero attached hydrogens (tertiary/aromatic N) is 1. The third-order valence-corrected chi connectivity index (χ3v) is 5.52. The van der Waals surface area contributed by atoms with Gasteiger partial charge in [-0.15, -0.1) is 0 Å². The van der Waals surface area contributed by atoms with Crippen molar-refractivity contribution in [3.8, 4) is 0 Å². The molecule has 0 saturated carbocycles. The summed E-state index contributed by atoms with van der Waals surface area (Å²) in [4.78, 5) is 26.7. The minimum absolute atomic E-state index is 0.0479. The Morgan fingerprint density at radius 3 is 2.62 bits per heavy atom. The second-order valence-electron chi connectivity index (χ2n) is 7.16. The van der Waals surface area contributed by atoms with Crippen molar-refractivity contribution in [2.24, 2.45) is 0 Å². The Bertz CT molecular complexity index is 863. The fraction of sp³-hybridized carbons (Fsp3) is 0.333. The van der Waals surface area contributed by atoms with Crippen LogP contribution in [0.1, 0.15) is 18.9 Å².